The van der Waals surface area contributed by atoms with Gasteiger partial charge >= 0.3 is 6.09 Å². The fraction of sp³-hybridized carbons (Fsp3) is 0.167. The van der Waals surface area contributed by atoms with Crippen LogP contribution in [0.15, 0.2) is 29.4 Å². The first-order chi connectivity index (χ1) is 8.22. The zero-order chi connectivity index (χ0) is 12.3. The number of nitrogens with zero attached hydrogens (tertiary/aromatic N) is 1. The van der Waals surface area contributed by atoms with Gasteiger partial charge in [-0.2, -0.15) is 5.10 Å². The van der Waals surface area contributed by atoms with Crippen LogP contribution in [-0.4, -0.2) is 24.4 Å². The molecule has 0 radical (unpaired) electrons. The number of amides is 1. The van der Waals surface area contributed by atoms with Crippen molar-refractivity contribution in [2.45, 2.75) is 6.92 Å². The first kappa shape index (κ1) is 11.2. The van der Waals surface area contributed by atoms with Crippen molar-refractivity contribution in [3.63, 3.8) is 0 Å². The molecule has 1 heterocycles. The lowest BCUT2D eigenvalue weighted by Gasteiger charge is -1.96. The fourth-order valence-corrected chi connectivity index (χ4v) is 1.66. The maximum atomic E-state index is 10.8. The van der Waals surface area contributed by atoms with Crippen LogP contribution >= 0.6 is 0 Å². The van der Waals surface area contributed by atoms with Crippen LogP contribution in [-0.2, 0) is 4.74 Å². The van der Waals surface area contributed by atoms with Gasteiger partial charge < -0.3 is 9.72 Å². The van der Waals surface area contributed by atoms with Crippen LogP contribution in [0.25, 0.3) is 10.9 Å². The second kappa shape index (κ2) is 4.69. The van der Waals surface area contributed by atoms with E-state index in [-0.39, 0.29) is 0 Å². The first-order valence-corrected chi connectivity index (χ1v) is 5.16. The Labute approximate surface area is 98.5 Å². The normalized spacial score (nSPS) is 10.9. The summed E-state index contributed by atoms with van der Waals surface area (Å²) in [6.45, 7) is 1.96. The summed E-state index contributed by atoms with van der Waals surface area (Å²) in [5, 5.41) is 4.90. The average molecular weight is 231 g/mol. The number of hydrogen-bond acceptors (Lipinski definition) is 3. The number of hydrogen-bond donors (Lipinski definition) is 2. The highest BCUT2D eigenvalue weighted by atomic mass is 16.5. The third kappa shape index (κ3) is 2.28. The summed E-state index contributed by atoms with van der Waals surface area (Å²) >= 11 is 0. The third-order valence-electron chi connectivity index (χ3n) is 2.48. The molecule has 88 valence electrons. The molecule has 0 unspecified atom stereocenters. The summed E-state index contributed by atoms with van der Waals surface area (Å²) in [5.74, 6) is 0. The van der Waals surface area contributed by atoms with Gasteiger partial charge in [-0.3, -0.25) is 0 Å². The Morgan fingerprint density at radius 1 is 1.47 bits per heavy atom. The molecule has 2 N–H and O–H groups in total. The van der Waals surface area contributed by atoms with Crippen LogP contribution in [0.2, 0.25) is 0 Å². The highest BCUT2D eigenvalue weighted by Crippen LogP contribution is 2.19. The Morgan fingerprint density at radius 2 is 2.24 bits per heavy atom. The molecule has 0 aliphatic heterocycles. The average Bonchev–Trinajstić information content (AvgIpc) is 2.66. The van der Waals surface area contributed by atoms with Crippen LogP contribution in [0.4, 0.5) is 4.79 Å². The monoisotopic (exact) mass is 231 g/mol. The summed E-state index contributed by atoms with van der Waals surface area (Å²) < 4.78 is 4.42. The molecule has 0 saturated heterocycles. The van der Waals surface area contributed by atoms with Crippen LogP contribution in [0.5, 0.6) is 0 Å². The van der Waals surface area contributed by atoms with Crippen LogP contribution in [0, 0.1) is 6.92 Å². The number of aryl methyl sites for hydroxylation is 1. The molecule has 5 heteroatoms. The Kier molecular flexibility index (Phi) is 3.09. The van der Waals surface area contributed by atoms with Gasteiger partial charge in [0.05, 0.1) is 13.3 Å². The molecule has 0 aliphatic rings. The summed E-state index contributed by atoms with van der Waals surface area (Å²) in [7, 11) is 1.29. The molecule has 17 heavy (non-hydrogen) atoms. The molecule has 1 amide bonds. The van der Waals surface area contributed by atoms with Crippen molar-refractivity contribution >= 4 is 23.2 Å². The zero-order valence-corrected chi connectivity index (χ0v) is 9.65. The number of para-hydroxylation sites is 1. The van der Waals surface area contributed by atoms with E-state index in [9.17, 15) is 4.79 Å². The van der Waals surface area contributed by atoms with Crippen molar-refractivity contribution in [3.8, 4) is 0 Å². The predicted octanol–water partition coefficient (Wildman–Crippen LogP) is 2.17. The van der Waals surface area contributed by atoms with Crippen LogP contribution in [0.3, 0.4) is 0 Å². The Balaban J connectivity index is 2.29. The predicted molar refractivity (Wildman–Crippen MR) is 66.2 cm³/mol. The lowest BCUT2D eigenvalue weighted by atomic mass is 10.1. The van der Waals surface area contributed by atoms with Crippen molar-refractivity contribution < 1.29 is 9.53 Å². The van der Waals surface area contributed by atoms with Gasteiger partial charge in [-0.25, -0.2) is 10.2 Å². The van der Waals surface area contributed by atoms with Gasteiger partial charge in [-0.1, -0.05) is 18.2 Å². The van der Waals surface area contributed by atoms with E-state index in [2.05, 4.69) is 20.2 Å². The van der Waals surface area contributed by atoms with Gasteiger partial charge in [0, 0.05) is 22.2 Å². The highest BCUT2D eigenvalue weighted by molar-refractivity contribution is 6.00. The lowest BCUT2D eigenvalue weighted by molar-refractivity contribution is 0.171. The lowest BCUT2D eigenvalue weighted by Crippen LogP contribution is -2.16. The molecule has 1 aromatic carbocycles. The number of fused-ring (bicyclic) bond motifs is 1. The van der Waals surface area contributed by atoms with Gasteiger partial charge in [0.2, 0.25) is 0 Å². The summed E-state index contributed by atoms with van der Waals surface area (Å²) in [6.07, 6.45) is 1.02. The van der Waals surface area contributed by atoms with Crippen molar-refractivity contribution in [1.82, 2.24) is 10.4 Å². The molecule has 0 bridgehead atoms. The second-order valence-corrected chi connectivity index (χ2v) is 3.57. The van der Waals surface area contributed by atoms with E-state index < -0.39 is 6.09 Å². The largest absolute Gasteiger partial charge is 0.452 e. The standard InChI is InChI=1S/C12H13N3O2/c1-8-10(7-13-15-12(16)17-2)9-5-3-4-6-11(9)14-8/h3-7,14H,1-2H3,(H,15,16)/b13-7+. The van der Waals surface area contributed by atoms with Crippen molar-refractivity contribution in [1.29, 1.82) is 0 Å². The van der Waals surface area contributed by atoms with E-state index in [0.29, 0.717) is 0 Å². The second-order valence-electron chi connectivity index (χ2n) is 3.57. The maximum Gasteiger partial charge on any atom is 0.427 e. The number of nitrogens with one attached hydrogen (secondary N) is 2. The number of carbonyl (C=O) groups excluding carboxylic acids is 1. The Hall–Kier alpha value is -2.30. The van der Waals surface area contributed by atoms with Crippen LogP contribution in [0.1, 0.15) is 11.3 Å². The van der Waals surface area contributed by atoms with Gasteiger partial charge in [0.1, 0.15) is 0 Å². The molecule has 0 saturated carbocycles. The molecule has 5 nitrogen and oxygen atoms in total. The van der Waals surface area contributed by atoms with Crippen molar-refractivity contribution in [3.05, 3.63) is 35.5 Å². The number of carbonyl (C=O) groups is 1. The number of aromatic amines is 1. The van der Waals surface area contributed by atoms with Gasteiger partial charge in [0.25, 0.3) is 0 Å². The quantitative estimate of drug-likeness (QED) is 0.614. The smallest absolute Gasteiger partial charge is 0.427 e. The molecule has 1 aromatic heterocycles. The van der Waals surface area contributed by atoms with Gasteiger partial charge in [0.15, 0.2) is 0 Å². The van der Waals surface area contributed by atoms with E-state index in [1.54, 1.807) is 6.21 Å². The third-order valence-corrected chi connectivity index (χ3v) is 2.48. The molecule has 2 rings (SSSR count). The maximum absolute atomic E-state index is 10.8. The fourth-order valence-electron chi connectivity index (χ4n) is 1.66. The molecular weight excluding hydrogens is 218 g/mol. The van der Waals surface area contributed by atoms with E-state index in [1.807, 2.05) is 31.2 Å². The number of methoxy groups -OCH3 is 1. The minimum Gasteiger partial charge on any atom is -0.452 e. The molecule has 0 spiro atoms. The summed E-state index contributed by atoms with van der Waals surface area (Å²) in [5.41, 5.74) is 5.26. The molecule has 0 fully saturated rings. The SMILES string of the molecule is COC(=O)N/N=C/c1c(C)[nH]c2ccccc12. The van der Waals surface area contributed by atoms with Crippen molar-refractivity contribution in [2.24, 2.45) is 5.10 Å². The Morgan fingerprint density at radius 3 is 3.00 bits per heavy atom. The molecule has 0 aliphatic carbocycles. The number of benzene rings is 1. The first-order valence-electron chi connectivity index (χ1n) is 5.16. The minimum atomic E-state index is -0.584. The van der Waals surface area contributed by atoms with Crippen molar-refractivity contribution in [2.75, 3.05) is 7.11 Å². The van der Waals surface area contributed by atoms with Gasteiger partial charge in [-0.15, -0.1) is 0 Å². The van der Waals surface area contributed by atoms with Gasteiger partial charge in [-0.05, 0) is 13.0 Å². The molecule has 0 atom stereocenters. The van der Waals surface area contributed by atoms with Crippen LogP contribution < -0.4 is 5.43 Å². The molecular formula is C12H13N3O2. The summed E-state index contributed by atoms with van der Waals surface area (Å²) in [6, 6.07) is 7.92. The number of rotatable bonds is 2. The Bertz CT molecular complexity index is 572. The minimum absolute atomic E-state index is 0.584. The highest BCUT2D eigenvalue weighted by Gasteiger charge is 2.05. The number of H-pyrrole nitrogens is 1. The zero-order valence-electron chi connectivity index (χ0n) is 9.65. The number of hydrazone groups is 1. The van der Waals surface area contributed by atoms with E-state index in [4.69, 9.17) is 0 Å². The van der Waals surface area contributed by atoms with E-state index in [0.717, 1.165) is 22.2 Å². The van der Waals surface area contributed by atoms with E-state index >= 15 is 0 Å². The topological polar surface area (TPSA) is 66.5 Å². The molecule has 2 aromatic rings. The number of ether oxygens (including phenoxy) is 1. The number of aromatic nitrogens is 1. The van der Waals surface area contributed by atoms with E-state index in [1.165, 1.54) is 7.11 Å². The summed E-state index contributed by atoms with van der Waals surface area (Å²) in [4.78, 5) is 14.1.